The zero-order chi connectivity index (χ0) is 16.5. The average Bonchev–Trinajstić information content (AvgIpc) is 2.74. The van der Waals surface area contributed by atoms with Crippen molar-refractivity contribution >= 4 is 5.97 Å². The molecule has 0 amide bonds. The van der Waals surface area contributed by atoms with Crippen LogP contribution in [0.5, 0.6) is 0 Å². The fourth-order valence-electron chi connectivity index (χ4n) is 2.72. The number of aromatic carboxylic acids is 1. The van der Waals surface area contributed by atoms with Gasteiger partial charge in [-0.2, -0.15) is 5.10 Å². The van der Waals surface area contributed by atoms with E-state index >= 15 is 0 Å². The molecule has 0 spiro atoms. The van der Waals surface area contributed by atoms with Crippen LogP contribution in [0.2, 0.25) is 0 Å². The van der Waals surface area contributed by atoms with E-state index in [0.29, 0.717) is 18.5 Å². The maximum Gasteiger partial charge on any atom is 0.354 e. The molecule has 0 atom stereocenters. The Morgan fingerprint density at radius 2 is 1.82 bits per heavy atom. The predicted octanol–water partition coefficient (Wildman–Crippen LogP) is 3.57. The topological polar surface area (TPSA) is 55.1 Å². The van der Waals surface area contributed by atoms with Crippen molar-refractivity contribution in [2.75, 3.05) is 0 Å². The number of nitrogens with zero attached hydrogens (tertiary/aromatic N) is 2. The molecule has 0 saturated heterocycles. The highest BCUT2D eigenvalue weighted by atomic mass is 16.4. The molecular weight excluding hydrogens is 276 g/mol. The summed E-state index contributed by atoms with van der Waals surface area (Å²) in [7, 11) is 1.69. The van der Waals surface area contributed by atoms with Crippen molar-refractivity contribution in [1.29, 1.82) is 0 Å². The van der Waals surface area contributed by atoms with Crippen LogP contribution in [-0.4, -0.2) is 20.9 Å². The minimum atomic E-state index is -0.916. The summed E-state index contributed by atoms with van der Waals surface area (Å²) in [6, 6.07) is 8.49. The molecule has 4 heteroatoms. The number of hydrogen-bond donors (Lipinski definition) is 1. The van der Waals surface area contributed by atoms with Crippen molar-refractivity contribution in [2.45, 2.75) is 46.0 Å². The molecule has 0 saturated carbocycles. The molecule has 118 valence electrons. The third kappa shape index (κ3) is 3.21. The maximum atomic E-state index is 11.4. The van der Waals surface area contributed by atoms with Gasteiger partial charge in [-0.15, -0.1) is 0 Å². The molecule has 1 heterocycles. The normalized spacial score (nSPS) is 11.7. The lowest BCUT2D eigenvalue weighted by Crippen LogP contribution is -2.10. The Kier molecular flexibility index (Phi) is 4.40. The second-order valence-electron chi connectivity index (χ2n) is 6.68. The molecule has 1 N–H and O–H groups in total. The summed E-state index contributed by atoms with van der Waals surface area (Å²) < 4.78 is 1.47. The van der Waals surface area contributed by atoms with Gasteiger partial charge in [-0.1, -0.05) is 52.0 Å². The summed E-state index contributed by atoms with van der Waals surface area (Å²) in [5.41, 5.74) is 4.55. The molecule has 0 aliphatic rings. The van der Waals surface area contributed by atoms with Crippen LogP contribution >= 0.6 is 0 Å². The van der Waals surface area contributed by atoms with Crippen molar-refractivity contribution in [3.05, 3.63) is 52.3 Å². The number of carboxylic acids is 1. The Balaban J connectivity index is 2.32. The Morgan fingerprint density at radius 3 is 2.27 bits per heavy atom. The molecule has 22 heavy (non-hydrogen) atoms. The summed E-state index contributed by atoms with van der Waals surface area (Å²) in [5.74, 6) is -0.916. The smallest absolute Gasteiger partial charge is 0.354 e. The minimum absolute atomic E-state index is 0.134. The second-order valence-corrected chi connectivity index (χ2v) is 6.68. The van der Waals surface area contributed by atoms with E-state index in [1.165, 1.54) is 10.2 Å². The number of hydrogen-bond acceptors (Lipinski definition) is 2. The Bertz CT molecular complexity index is 676. The molecular formula is C18H24N2O2. The summed E-state index contributed by atoms with van der Waals surface area (Å²) in [4.78, 5) is 11.4. The monoisotopic (exact) mass is 300 g/mol. The fourth-order valence-corrected chi connectivity index (χ4v) is 2.72. The van der Waals surface area contributed by atoms with Gasteiger partial charge in [-0.05, 0) is 23.0 Å². The summed E-state index contributed by atoms with van der Waals surface area (Å²) >= 11 is 0. The standard InChI is InChI=1S/C18H24N2O2/c1-6-14-15(19-20(5)16(14)17(21)22)11-12-7-9-13(10-8-12)18(2,3)4/h7-10H,6,11H2,1-5H3,(H,21,22). The van der Waals surface area contributed by atoms with Gasteiger partial charge in [0.1, 0.15) is 5.69 Å². The number of carbonyl (C=O) groups is 1. The van der Waals surface area contributed by atoms with E-state index < -0.39 is 5.97 Å². The molecule has 0 unspecified atom stereocenters. The molecule has 4 nitrogen and oxygen atoms in total. The summed E-state index contributed by atoms with van der Waals surface area (Å²) in [5, 5.41) is 13.7. The van der Waals surface area contributed by atoms with Gasteiger partial charge in [0.05, 0.1) is 5.69 Å². The lowest BCUT2D eigenvalue weighted by atomic mass is 9.86. The molecule has 2 rings (SSSR count). The van der Waals surface area contributed by atoms with Crippen molar-refractivity contribution in [3.63, 3.8) is 0 Å². The van der Waals surface area contributed by atoms with E-state index in [1.807, 2.05) is 6.92 Å². The van der Waals surface area contributed by atoms with Crippen molar-refractivity contribution < 1.29 is 9.90 Å². The van der Waals surface area contributed by atoms with Gasteiger partial charge in [0, 0.05) is 19.0 Å². The zero-order valence-electron chi connectivity index (χ0n) is 14.0. The number of rotatable bonds is 4. The van der Waals surface area contributed by atoms with Gasteiger partial charge in [-0.3, -0.25) is 4.68 Å². The third-order valence-corrected chi connectivity index (χ3v) is 3.98. The molecule has 0 radical (unpaired) electrons. The molecule has 0 bridgehead atoms. The quantitative estimate of drug-likeness (QED) is 0.939. The van der Waals surface area contributed by atoms with Crippen LogP contribution in [0.15, 0.2) is 24.3 Å². The van der Waals surface area contributed by atoms with E-state index in [1.54, 1.807) is 7.05 Å². The molecule has 1 aromatic carbocycles. The number of carboxylic acid groups (broad SMARTS) is 1. The first-order valence-electron chi connectivity index (χ1n) is 7.61. The van der Waals surface area contributed by atoms with E-state index in [9.17, 15) is 9.90 Å². The van der Waals surface area contributed by atoms with Crippen LogP contribution in [0.25, 0.3) is 0 Å². The molecule has 0 fully saturated rings. The lowest BCUT2D eigenvalue weighted by molar-refractivity contribution is 0.0684. The van der Waals surface area contributed by atoms with E-state index in [0.717, 1.165) is 16.8 Å². The van der Waals surface area contributed by atoms with Crippen LogP contribution in [0.3, 0.4) is 0 Å². The Morgan fingerprint density at radius 1 is 1.23 bits per heavy atom. The van der Waals surface area contributed by atoms with E-state index in [4.69, 9.17) is 0 Å². The lowest BCUT2D eigenvalue weighted by Gasteiger charge is -2.19. The first kappa shape index (κ1) is 16.3. The van der Waals surface area contributed by atoms with Gasteiger partial charge in [0.25, 0.3) is 0 Å². The van der Waals surface area contributed by atoms with Gasteiger partial charge in [0.15, 0.2) is 0 Å². The Hall–Kier alpha value is -2.10. The summed E-state index contributed by atoms with van der Waals surface area (Å²) in [6.07, 6.45) is 1.33. The first-order valence-corrected chi connectivity index (χ1v) is 7.61. The zero-order valence-corrected chi connectivity index (χ0v) is 14.0. The fraction of sp³-hybridized carbons (Fsp3) is 0.444. The van der Waals surface area contributed by atoms with Crippen LogP contribution in [0.1, 0.15) is 60.6 Å². The van der Waals surface area contributed by atoms with Crippen LogP contribution in [0, 0.1) is 0 Å². The minimum Gasteiger partial charge on any atom is -0.477 e. The van der Waals surface area contributed by atoms with Gasteiger partial charge < -0.3 is 5.11 Å². The van der Waals surface area contributed by atoms with E-state index in [-0.39, 0.29) is 5.41 Å². The number of aryl methyl sites for hydroxylation is 1. The molecule has 0 aliphatic carbocycles. The third-order valence-electron chi connectivity index (χ3n) is 3.98. The van der Waals surface area contributed by atoms with Crippen LogP contribution in [-0.2, 0) is 25.3 Å². The van der Waals surface area contributed by atoms with Crippen molar-refractivity contribution in [2.24, 2.45) is 7.05 Å². The van der Waals surface area contributed by atoms with Crippen molar-refractivity contribution in [3.8, 4) is 0 Å². The SMILES string of the molecule is CCc1c(Cc2ccc(C(C)(C)C)cc2)nn(C)c1C(=O)O. The van der Waals surface area contributed by atoms with Gasteiger partial charge in [0.2, 0.25) is 0 Å². The van der Waals surface area contributed by atoms with Gasteiger partial charge >= 0.3 is 5.97 Å². The predicted molar refractivity (Wildman–Crippen MR) is 87.5 cm³/mol. The summed E-state index contributed by atoms with van der Waals surface area (Å²) in [6.45, 7) is 8.54. The molecule has 2 aromatic rings. The molecule has 1 aromatic heterocycles. The van der Waals surface area contributed by atoms with Crippen LogP contribution in [0.4, 0.5) is 0 Å². The number of aromatic nitrogens is 2. The van der Waals surface area contributed by atoms with Crippen molar-refractivity contribution in [1.82, 2.24) is 9.78 Å². The highest BCUT2D eigenvalue weighted by Gasteiger charge is 2.20. The number of benzene rings is 1. The van der Waals surface area contributed by atoms with Crippen LogP contribution < -0.4 is 0 Å². The average molecular weight is 300 g/mol. The highest BCUT2D eigenvalue weighted by Crippen LogP contribution is 2.24. The highest BCUT2D eigenvalue weighted by molar-refractivity contribution is 5.87. The van der Waals surface area contributed by atoms with E-state index in [2.05, 4.69) is 50.1 Å². The largest absolute Gasteiger partial charge is 0.477 e. The Labute approximate surface area is 131 Å². The van der Waals surface area contributed by atoms with Gasteiger partial charge in [-0.25, -0.2) is 4.79 Å². The molecule has 0 aliphatic heterocycles. The maximum absolute atomic E-state index is 11.4. The second kappa shape index (κ2) is 5.95. The first-order chi connectivity index (χ1) is 10.2.